The van der Waals surface area contributed by atoms with E-state index in [-0.39, 0.29) is 0 Å². The first kappa shape index (κ1) is 18.5. The number of benzene rings is 1. The highest BCUT2D eigenvalue weighted by molar-refractivity contribution is 5.79. The predicted molar refractivity (Wildman–Crippen MR) is 96.5 cm³/mol. The highest BCUT2D eigenvalue weighted by Crippen LogP contribution is 2.09. The highest BCUT2D eigenvalue weighted by atomic mass is 15.2. The van der Waals surface area contributed by atoms with Crippen LogP contribution in [0.3, 0.4) is 0 Å². The van der Waals surface area contributed by atoms with Crippen LogP contribution in [-0.2, 0) is 6.54 Å². The maximum Gasteiger partial charge on any atom is 0.191 e. The van der Waals surface area contributed by atoms with Crippen molar-refractivity contribution < 1.29 is 0 Å². The summed E-state index contributed by atoms with van der Waals surface area (Å²) in [4.78, 5) is 6.73. The first-order chi connectivity index (χ1) is 10.6. The van der Waals surface area contributed by atoms with E-state index in [4.69, 9.17) is 0 Å². The molecule has 0 saturated heterocycles. The largest absolute Gasteiger partial charge is 0.356 e. The van der Waals surface area contributed by atoms with E-state index in [1.165, 1.54) is 16.7 Å². The number of nitrogens with one attached hydrogen (secondary N) is 2. The Balaban J connectivity index is 2.33. The Hall–Kier alpha value is -1.55. The highest BCUT2D eigenvalue weighted by Gasteiger charge is 2.02. The van der Waals surface area contributed by atoms with E-state index in [1.54, 1.807) is 0 Å². The first-order valence-electron chi connectivity index (χ1n) is 8.33. The number of nitrogens with zero attached hydrogens (tertiary/aromatic N) is 2. The van der Waals surface area contributed by atoms with Crippen molar-refractivity contribution in [3.63, 3.8) is 0 Å². The summed E-state index contributed by atoms with van der Waals surface area (Å²) in [5.74, 6) is 0.875. The minimum absolute atomic E-state index is 0.807. The summed E-state index contributed by atoms with van der Waals surface area (Å²) < 4.78 is 0. The molecule has 124 valence electrons. The summed E-state index contributed by atoms with van der Waals surface area (Å²) in [6.07, 6.45) is 1.13. The summed E-state index contributed by atoms with van der Waals surface area (Å²) in [5, 5.41) is 6.77. The van der Waals surface area contributed by atoms with Gasteiger partial charge in [-0.05, 0) is 51.0 Å². The molecule has 0 atom stereocenters. The Morgan fingerprint density at radius 2 is 1.86 bits per heavy atom. The van der Waals surface area contributed by atoms with Crippen molar-refractivity contribution in [1.29, 1.82) is 0 Å². The molecule has 0 heterocycles. The smallest absolute Gasteiger partial charge is 0.191 e. The molecule has 0 spiro atoms. The zero-order valence-electron chi connectivity index (χ0n) is 14.9. The van der Waals surface area contributed by atoms with Gasteiger partial charge in [0, 0.05) is 20.1 Å². The van der Waals surface area contributed by atoms with Crippen LogP contribution in [0.2, 0.25) is 0 Å². The van der Waals surface area contributed by atoms with Crippen LogP contribution in [-0.4, -0.2) is 44.1 Å². The van der Waals surface area contributed by atoms with Crippen LogP contribution in [0, 0.1) is 13.8 Å². The van der Waals surface area contributed by atoms with E-state index in [0.717, 1.165) is 45.1 Å². The first-order valence-corrected chi connectivity index (χ1v) is 8.33. The molecule has 1 aromatic rings. The van der Waals surface area contributed by atoms with E-state index in [1.807, 2.05) is 7.05 Å². The molecule has 2 N–H and O–H groups in total. The van der Waals surface area contributed by atoms with Gasteiger partial charge in [0.1, 0.15) is 0 Å². The number of rotatable bonds is 8. The van der Waals surface area contributed by atoms with Gasteiger partial charge in [-0.25, -0.2) is 0 Å². The molecule has 1 rings (SSSR count). The van der Waals surface area contributed by atoms with Crippen LogP contribution in [0.1, 0.15) is 37.0 Å². The minimum atomic E-state index is 0.807. The summed E-state index contributed by atoms with van der Waals surface area (Å²) in [6, 6.07) is 6.56. The van der Waals surface area contributed by atoms with Crippen LogP contribution in [0.4, 0.5) is 0 Å². The third-order valence-corrected chi connectivity index (χ3v) is 4.01. The van der Waals surface area contributed by atoms with E-state index in [2.05, 4.69) is 66.4 Å². The molecule has 0 aliphatic carbocycles. The minimum Gasteiger partial charge on any atom is -0.356 e. The Bertz CT molecular complexity index is 464. The molecule has 0 saturated carbocycles. The van der Waals surface area contributed by atoms with Gasteiger partial charge in [0.2, 0.25) is 0 Å². The fourth-order valence-corrected chi connectivity index (χ4v) is 2.49. The van der Waals surface area contributed by atoms with Gasteiger partial charge in [-0.15, -0.1) is 0 Å². The van der Waals surface area contributed by atoms with Crippen molar-refractivity contribution >= 4 is 5.96 Å². The lowest BCUT2D eigenvalue weighted by molar-refractivity contribution is 0.300. The van der Waals surface area contributed by atoms with Gasteiger partial charge in [0.15, 0.2) is 5.96 Å². The molecule has 22 heavy (non-hydrogen) atoms. The van der Waals surface area contributed by atoms with Crippen molar-refractivity contribution in [2.45, 2.75) is 40.7 Å². The molecule has 0 fully saturated rings. The second kappa shape index (κ2) is 10.2. The van der Waals surface area contributed by atoms with Crippen LogP contribution in [0.5, 0.6) is 0 Å². The van der Waals surface area contributed by atoms with E-state index in [0.29, 0.717) is 0 Å². The van der Waals surface area contributed by atoms with Crippen LogP contribution >= 0.6 is 0 Å². The molecule has 0 amide bonds. The molecular formula is C18H32N4. The summed E-state index contributed by atoms with van der Waals surface area (Å²) in [5.41, 5.74) is 3.95. The monoisotopic (exact) mass is 304 g/mol. The normalized spacial score (nSPS) is 11.8. The molecule has 0 aliphatic rings. The lowest BCUT2D eigenvalue weighted by Crippen LogP contribution is -2.38. The average molecular weight is 304 g/mol. The molecule has 0 bridgehead atoms. The van der Waals surface area contributed by atoms with Gasteiger partial charge in [-0.1, -0.05) is 37.6 Å². The topological polar surface area (TPSA) is 39.7 Å². The molecule has 4 nitrogen and oxygen atoms in total. The molecule has 0 radical (unpaired) electrons. The SMILES string of the molecule is CCN(CC)CCCNC(=NC)NCc1ccc(C)cc1C. The number of guanidine groups is 1. The molecule has 0 unspecified atom stereocenters. The number of hydrogen-bond donors (Lipinski definition) is 2. The standard InChI is InChI=1S/C18H32N4/c1-6-22(7-2)12-8-11-20-18(19-5)21-14-17-10-9-15(3)13-16(17)4/h9-10,13H,6-8,11-12,14H2,1-5H3,(H2,19,20,21). The molecule has 4 heteroatoms. The fourth-order valence-electron chi connectivity index (χ4n) is 2.49. The average Bonchev–Trinajstić information content (AvgIpc) is 2.52. The summed E-state index contributed by atoms with van der Waals surface area (Å²) in [7, 11) is 1.82. The van der Waals surface area contributed by atoms with Crippen LogP contribution in [0.25, 0.3) is 0 Å². The summed E-state index contributed by atoms with van der Waals surface area (Å²) >= 11 is 0. The lowest BCUT2D eigenvalue weighted by Gasteiger charge is -2.18. The number of aliphatic imine (C=N–C) groups is 1. The van der Waals surface area contributed by atoms with E-state index in [9.17, 15) is 0 Å². The quantitative estimate of drug-likeness (QED) is 0.441. The van der Waals surface area contributed by atoms with Gasteiger partial charge in [-0.2, -0.15) is 0 Å². The van der Waals surface area contributed by atoms with Crippen molar-refractivity contribution in [2.75, 3.05) is 33.2 Å². The van der Waals surface area contributed by atoms with Gasteiger partial charge < -0.3 is 15.5 Å². The van der Waals surface area contributed by atoms with Gasteiger partial charge in [0.05, 0.1) is 0 Å². The maximum atomic E-state index is 4.29. The molecule has 0 aromatic heterocycles. The zero-order valence-corrected chi connectivity index (χ0v) is 14.9. The van der Waals surface area contributed by atoms with E-state index < -0.39 is 0 Å². The fraction of sp³-hybridized carbons (Fsp3) is 0.611. The third kappa shape index (κ3) is 6.48. The Labute approximate surface area is 136 Å². The second-order valence-corrected chi connectivity index (χ2v) is 5.66. The number of hydrogen-bond acceptors (Lipinski definition) is 2. The maximum absolute atomic E-state index is 4.29. The Morgan fingerprint density at radius 3 is 2.45 bits per heavy atom. The second-order valence-electron chi connectivity index (χ2n) is 5.66. The molecule has 1 aromatic carbocycles. The lowest BCUT2D eigenvalue weighted by atomic mass is 10.1. The van der Waals surface area contributed by atoms with E-state index >= 15 is 0 Å². The van der Waals surface area contributed by atoms with Gasteiger partial charge in [0.25, 0.3) is 0 Å². The number of aryl methyl sites for hydroxylation is 2. The molecular weight excluding hydrogens is 272 g/mol. The van der Waals surface area contributed by atoms with Crippen molar-refractivity contribution in [3.05, 3.63) is 34.9 Å². The van der Waals surface area contributed by atoms with Crippen LogP contribution in [0.15, 0.2) is 23.2 Å². The summed E-state index contributed by atoms with van der Waals surface area (Å²) in [6.45, 7) is 13.8. The van der Waals surface area contributed by atoms with Crippen molar-refractivity contribution in [3.8, 4) is 0 Å². The predicted octanol–water partition coefficient (Wildman–Crippen LogP) is 2.70. The van der Waals surface area contributed by atoms with Crippen molar-refractivity contribution in [1.82, 2.24) is 15.5 Å². The van der Waals surface area contributed by atoms with Crippen LogP contribution < -0.4 is 10.6 Å². The zero-order chi connectivity index (χ0) is 16.4. The van der Waals surface area contributed by atoms with Gasteiger partial charge in [-0.3, -0.25) is 4.99 Å². The Kier molecular flexibility index (Phi) is 8.60. The molecule has 0 aliphatic heterocycles. The third-order valence-electron chi connectivity index (χ3n) is 4.01. The Morgan fingerprint density at radius 1 is 1.14 bits per heavy atom. The van der Waals surface area contributed by atoms with Crippen molar-refractivity contribution in [2.24, 2.45) is 4.99 Å². The van der Waals surface area contributed by atoms with Gasteiger partial charge >= 0.3 is 0 Å².